The topological polar surface area (TPSA) is 25.8 Å². The van der Waals surface area contributed by atoms with Gasteiger partial charge in [0.05, 0.1) is 18.7 Å². The summed E-state index contributed by atoms with van der Waals surface area (Å²) in [6, 6.07) is 6.44. The fourth-order valence-electron chi connectivity index (χ4n) is 2.23. The molecular weight excluding hydrogens is 246 g/mol. The average Bonchev–Trinajstić information content (AvgIpc) is 2.27. The van der Waals surface area contributed by atoms with Crippen LogP contribution in [0.25, 0.3) is 0 Å². The van der Waals surface area contributed by atoms with Crippen LogP contribution in [0, 0.1) is 6.92 Å². The molecule has 0 heterocycles. The Hall–Kier alpha value is -1.02. The molecule has 0 atom stereocenters. The molecule has 20 heavy (non-hydrogen) atoms. The Morgan fingerprint density at radius 1 is 1.05 bits per heavy atom. The third-order valence-corrected chi connectivity index (χ3v) is 3.37. The van der Waals surface area contributed by atoms with Crippen LogP contribution < -0.4 is 10.1 Å². The van der Waals surface area contributed by atoms with Gasteiger partial charge in [-0.1, -0.05) is 39.0 Å². The van der Waals surface area contributed by atoms with Gasteiger partial charge in [-0.05, 0) is 44.2 Å². The molecule has 1 aromatic rings. The first-order valence-corrected chi connectivity index (χ1v) is 7.68. The van der Waals surface area contributed by atoms with Gasteiger partial charge in [-0.25, -0.2) is 0 Å². The molecule has 1 aromatic carbocycles. The lowest BCUT2D eigenvalue weighted by atomic mass is 9.85. The SMILES string of the molecule is Cc1cccc(C(C)(C)C)c1OCCC[NH2+]C(C)(C)C. The second-order valence-corrected chi connectivity index (χ2v) is 7.76. The van der Waals surface area contributed by atoms with Gasteiger partial charge in [0.25, 0.3) is 0 Å². The van der Waals surface area contributed by atoms with Gasteiger partial charge in [-0.3, -0.25) is 0 Å². The lowest BCUT2D eigenvalue weighted by molar-refractivity contribution is -0.717. The zero-order chi connectivity index (χ0) is 15.4. The Bertz CT molecular complexity index is 424. The number of rotatable bonds is 5. The number of para-hydroxylation sites is 1. The molecule has 0 unspecified atom stereocenters. The predicted octanol–water partition coefficient (Wildman–Crippen LogP) is 3.42. The van der Waals surface area contributed by atoms with E-state index in [1.54, 1.807) is 0 Å². The molecule has 0 aromatic heterocycles. The zero-order valence-corrected chi connectivity index (χ0v) is 14.3. The molecule has 0 fully saturated rings. The van der Waals surface area contributed by atoms with Gasteiger partial charge in [0.1, 0.15) is 5.75 Å². The second-order valence-electron chi connectivity index (χ2n) is 7.76. The summed E-state index contributed by atoms with van der Waals surface area (Å²) in [4.78, 5) is 0. The molecule has 0 aliphatic heterocycles. The third-order valence-electron chi connectivity index (χ3n) is 3.37. The number of hydrogen-bond donors (Lipinski definition) is 1. The molecule has 114 valence electrons. The second kappa shape index (κ2) is 6.62. The van der Waals surface area contributed by atoms with Crippen LogP contribution >= 0.6 is 0 Å². The van der Waals surface area contributed by atoms with E-state index in [1.807, 2.05) is 0 Å². The first-order chi connectivity index (χ1) is 9.11. The van der Waals surface area contributed by atoms with Gasteiger partial charge in [-0.15, -0.1) is 0 Å². The van der Waals surface area contributed by atoms with E-state index in [2.05, 4.69) is 72.0 Å². The first kappa shape index (κ1) is 17.0. The molecule has 0 saturated heterocycles. The summed E-state index contributed by atoms with van der Waals surface area (Å²) in [7, 11) is 0. The van der Waals surface area contributed by atoms with Crippen molar-refractivity contribution in [2.75, 3.05) is 13.2 Å². The van der Waals surface area contributed by atoms with E-state index in [9.17, 15) is 0 Å². The summed E-state index contributed by atoms with van der Waals surface area (Å²) in [5.74, 6) is 1.08. The summed E-state index contributed by atoms with van der Waals surface area (Å²) in [6.45, 7) is 17.5. The first-order valence-electron chi connectivity index (χ1n) is 7.68. The van der Waals surface area contributed by atoms with E-state index in [0.717, 1.165) is 25.3 Å². The van der Waals surface area contributed by atoms with Gasteiger partial charge >= 0.3 is 0 Å². The number of benzene rings is 1. The van der Waals surface area contributed by atoms with Crippen molar-refractivity contribution >= 4 is 0 Å². The Balaban J connectivity index is 2.60. The maximum Gasteiger partial charge on any atom is 0.125 e. The van der Waals surface area contributed by atoms with Crippen LogP contribution in [-0.4, -0.2) is 18.7 Å². The molecule has 0 spiro atoms. The minimum absolute atomic E-state index is 0.124. The molecule has 0 saturated carbocycles. The number of aryl methyl sites for hydroxylation is 1. The van der Waals surface area contributed by atoms with Crippen LogP contribution in [-0.2, 0) is 5.41 Å². The summed E-state index contributed by atoms with van der Waals surface area (Å²) in [5, 5.41) is 2.37. The highest BCUT2D eigenvalue weighted by Crippen LogP contribution is 2.33. The normalized spacial score (nSPS) is 12.6. The summed E-state index contributed by atoms with van der Waals surface area (Å²) in [5.41, 5.74) is 2.97. The van der Waals surface area contributed by atoms with E-state index in [1.165, 1.54) is 11.1 Å². The van der Waals surface area contributed by atoms with E-state index in [-0.39, 0.29) is 5.41 Å². The highest BCUT2D eigenvalue weighted by Gasteiger charge is 2.20. The van der Waals surface area contributed by atoms with Crippen molar-refractivity contribution in [2.24, 2.45) is 0 Å². The number of ether oxygens (including phenoxy) is 1. The average molecular weight is 278 g/mol. The van der Waals surface area contributed by atoms with Crippen molar-refractivity contribution in [2.45, 2.75) is 65.8 Å². The Morgan fingerprint density at radius 3 is 2.25 bits per heavy atom. The van der Waals surface area contributed by atoms with Gasteiger partial charge in [0.2, 0.25) is 0 Å². The zero-order valence-electron chi connectivity index (χ0n) is 14.3. The maximum atomic E-state index is 6.09. The largest absolute Gasteiger partial charge is 0.493 e. The molecule has 1 rings (SSSR count). The summed E-state index contributed by atoms with van der Waals surface area (Å²) < 4.78 is 6.09. The molecule has 2 nitrogen and oxygen atoms in total. The highest BCUT2D eigenvalue weighted by molar-refractivity contribution is 5.44. The molecule has 0 aliphatic rings. The molecule has 0 aliphatic carbocycles. The maximum absolute atomic E-state index is 6.09. The van der Waals surface area contributed by atoms with E-state index in [0.29, 0.717) is 5.54 Å². The molecule has 0 bridgehead atoms. The minimum Gasteiger partial charge on any atom is -0.493 e. The monoisotopic (exact) mass is 278 g/mol. The molecule has 2 N–H and O–H groups in total. The highest BCUT2D eigenvalue weighted by atomic mass is 16.5. The Morgan fingerprint density at radius 2 is 1.70 bits per heavy atom. The number of hydrogen-bond acceptors (Lipinski definition) is 1. The minimum atomic E-state index is 0.124. The summed E-state index contributed by atoms with van der Waals surface area (Å²) in [6.07, 6.45) is 1.08. The van der Waals surface area contributed by atoms with Gasteiger partial charge < -0.3 is 10.1 Å². The van der Waals surface area contributed by atoms with Gasteiger partial charge in [-0.2, -0.15) is 0 Å². The van der Waals surface area contributed by atoms with Gasteiger partial charge in [0.15, 0.2) is 0 Å². The molecule has 0 amide bonds. The van der Waals surface area contributed by atoms with Crippen LogP contribution in [0.3, 0.4) is 0 Å². The van der Waals surface area contributed by atoms with Crippen molar-refractivity contribution in [3.8, 4) is 5.75 Å². The number of nitrogens with two attached hydrogens (primary N) is 1. The Kier molecular flexibility index (Phi) is 5.64. The molecule has 0 radical (unpaired) electrons. The quantitative estimate of drug-likeness (QED) is 0.821. The smallest absolute Gasteiger partial charge is 0.125 e. The van der Waals surface area contributed by atoms with E-state index < -0.39 is 0 Å². The number of quaternary nitrogens is 1. The Labute approximate surface area is 124 Å². The van der Waals surface area contributed by atoms with Crippen LogP contribution in [0.2, 0.25) is 0 Å². The molecule has 2 heteroatoms. The fraction of sp³-hybridized carbons (Fsp3) is 0.667. The summed E-state index contributed by atoms with van der Waals surface area (Å²) >= 11 is 0. The van der Waals surface area contributed by atoms with Crippen LogP contribution in [0.4, 0.5) is 0 Å². The van der Waals surface area contributed by atoms with Crippen LogP contribution in [0.1, 0.15) is 59.1 Å². The lowest BCUT2D eigenvalue weighted by Crippen LogP contribution is -2.94. The van der Waals surface area contributed by atoms with Crippen molar-refractivity contribution in [1.82, 2.24) is 0 Å². The van der Waals surface area contributed by atoms with Crippen LogP contribution in [0.5, 0.6) is 5.75 Å². The van der Waals surface area contributed by atoms with Gasteiger partial charge in [0, 0.05) is 6.42 Å². The van der Waals surface area contributed by atoms with Crippen molar-refractivity contribution < 1.29 is 10.1 Å². The molecular formula is C18H32NO+. The van der Waals surface area contributed by atoms with Crippen molar-refractivity contribution in [1.29, 1.82) is 0 Å². The van der Waals surface area contributed by atoms with E-state index in [4.69, 9.17) is 4.74 Å². The predicted molar refractivity (Wildman–Crippen MR) is 86.5 cm³/mol. The van der Waals surface area contributed by atoms with E-state index >= 15 is 0 Å². The fourth-order valence-corrected chi connectivity index (χ4v) is 2.23. The van der Waals surface area contributed by atoms with Crippen molar-refractivity contribution in [3.63, 3.8) is 0 Å². The standard InChI is InChI=1S/C18H31NO/c1-14-10-8-11-15(17(2,3)4)16(14)20-13-9-12-19-18(5,6)7/h8,10-11,19H,9,12-13H2,1-7H3/p+1. The van der Waals surface area contributed by atoms with Crippen molar-refractivity contribution in [3.05, 3.63) is 29.3 Å². The lowest BCUT2D eigenvalue weighted by Gasteiger charge is -2.24. The van der Waals surface area contributed by atoms with Crippen LogP contribution in [0.15, 0.2) is 18.2 Å². The third kappa shape index (κ3) is 5.54.